The molecule has 0 radical (unpaired) electrons. The zero-order chi connectivity index (χ0) is 9.97. The van der Waals surface area contributed by atoms with Crippen molar-refractivity contribution in [3.05, 3.63) is 29.5 Å². The molecule has 0 fully saturated rings. The number of nitrogens with zero attached hydrogens (tertiary/aromatic N) is 3. The normalized spacial score (nSPS) is 10.1. The van der Waals surface area contributed by atoms with Gasteiger partial charge < -0.3 is 0 Å². The maximum absolute atomic E-state index is 11.5. The second-order valence-corrected chi connectivity index (χ2v) is 3.59. The molecule has 0 bridgehead atoms. The van der Waals surface area contributed by atoms with E-state index in [1.165, 1.54) is 17.5 Å². The summed E-state index contributed by atoms with van der Waals surface area (Å²) in [4.78, 5) is 15.5. The summed E-state index contributed by atoms with van der Waals surface area (Å²) in [6, 6.07) is 0. The quantitative estimate of drug-likeness (QED) is 0.804. The summed E-state index contributed by atoms with van der Waals surface area (Å²) in [6.45, 7) is 0. The highest BCUT2D eigenvalue weighted by Crippen LogP contribution is 2.11. The Morgan fingerprint density at radius 1 is 1.64 bits per heavy atom. The first-order valence-electron chi connectivity index (χ1n) is 3.95. The van der Waals surface area contributed by atoms with Crippen LogP contribution in [0, 0.1) is 0 Å². The van der Waals surface area contributed by atoms with Crippen LogP contribution in [0.4, 0.5) is 5.13 Å². The molecule has 14 heavy (non-hydrogen) atoms. The summed E-state index contributed by atoms with van der Waals surface area (Å²) in [5.41, 5.74) is 0.530. The van der Waals surface area contributed by atoms with Crippen LogP contribution in [0.1, 0.15) is 10.4 Å². The van der Waals surface area contributed by atoms with Gasteiger partial charge in [0.15, 0.2) is 5.13 Å². The smallest absolute Gasteiger partial charge is 0.260 e. The van der Waals surface area contributed by atoms with Crippen molar-refractivity contribution < 1.29 is 4.79 Å². The lowest BCUT2D eigenvalue weighted by Crippen LogP contribution is -2.10. The number of carbonyl (C=O) groups excluding carboxylic acids is 1. The lowest BCUT2D eigenvalue weighted by atomic mass is 10.3. The predicted molar refractivity (Wildman–Crippen MR) is 53.3 cm³/mol. The molecular formula is C8H8N4OS. The Hall–Kier alpha value is -1.69. The number of thiazole rings is 1. The second-order valence-electron chi connectivity index (χ2n) is 2.69. The number of aromatic nitrogens is 3. The van der Waals surface area contributed by atoms with Crippen LogP contribution < -0.4 is 5.32 Å². The number of aryl methyl sites for hydroxylation is 1. The maximum atomic E-state index is 11.5. The minimum absolute atomic E-state index is 0.187. The lowest BCUT2D eigenvalue weighted by molar-refractivity contribution is 0.102. The van der Waals surface area contributed by atoms with Gasteiger partial charge in [0, 0.05) is 24.8 Å². The molecule has 1 amide bonds. The highest BCUT2D eigenvalue weighted by Gasteiger charge is 2.08. The molecule has 1 N–H and O–H groups in total. The molecule has 0 aliphatic heterocycles. The molecular weight excluding hydrogens is 200 g/mol. The summed E-state index contributed by atoms with van der Waals surface area (Å²) in [5.74, 6) is -0.187. The second kappa shape index (κ2) is 3.59. The molecule has 72 valence electrons. The topological polar surface area (TPSA) is 59.8 Å². The van der Waals surface area contributed by atoms with Gasteiger partial charge in [-0.1, -0.05) is 0 Å². The van der Waals surface area contributed by atoms with Crippen LogP contribution in [0.3, 0.4) is 0 Å². The van der Waals surface area contributed by atoms with Crippen molar-refractivity contribution in [1.82, 2.24) is 14.8 Å². The molecule has 2 heterocycles. The van der Waals surface area contributed by atoms with Gasteiger partial charge in [-0.05, 0) is 0 Å². The minimum Gasteiger partial charge on any atom is -0.298 e. The molecule has 2 aromatic heterocycles. The molecule has 6 heteroatoms. The van der Waals surface area contributed by atoms with Gasteiger partial charge in [0.1, 0.15) is 0 Å². The van der Waals surface area contributed by atoms with E-state index in [0.29, 0.717) is 10.7 Å². The first-order chi connectivity index (χ1) is 6.75. The third kappa shape index (κ3) is 1.80. The van der Waals surface area contributed by atoms with Crippen molar-refractivity contribution in [3.8, 4) is 0 Å². The Labute approximate surface area is 84.4 Å². The van der Waals surface area contributed by atoms with Gasteiger partial charge in [-0.15, -0.1) is 11.3 Å². The Kier molecular flexibility index (Phi) is 2.28. The Balaban J connectivity index is 2.10. The maximum Gasteiger partial charge on any atom is 0.260 e. The summed E-state index contributed by atoms with van der Waals surface area (Å²) in [5, 5.41) is 8.97. The van der Waals surface area contributed by atoms with E-state index in [1.54, 1.807) is 29.5 Å². The Bertz CT molecular complexity index is 434. The zero-order valence-electron chi connectivity index (χ0n) is 7.47. The van der Waals surface area contributed by atoms with Crippen LogP contribution in [-0.4, -0.2) is 20.7 Å². The van der Waals surface area contributed by atoms with Crippen molar-refractivity contribution in [2.75, 3.05) is 5.32 Å². The highest BCUT2D eigenvalue weighted by atomic mass is 32.1. The summed E-state index contributed by atoms with van der Waals surface area (Å²) in [7, 11) is 1.76. The fourth-order valence-electron chi connectivity index (χ4n) is 0.993. The van der Waals surface area contributed by atoms with E-state index in [-0.39, 0.29) is 5.91 Å². The molecule has 0 spiro atoms. The average molecular weight is 208 g/mol. The molecule has 0 aromatic carbocycles. The molecule has 0 unspecified atom stereocenters. The number of hydrogen-bond donors (Lipinski definition) is 1. The van der Waals surface area contributed by atoms with Gasteiger partial charge >= 0.3 is 0 Å². The fraction of sp³-hybridized carbons (Fsp3) is 0.125. The monoisotopic (exact) mass is 208 g/mol. The third-order valence-electron chi connectivity index (χ3n) is 1.62. The Morgan fingerprint density at radius 2 is 2.50 bits per heavy atom. The van der Waals surface area contributed by atoms with Crippen molar-refractivity contribution >= 4 is 22.4 Å². The third-order valence-corrected chi connectivity index (χ3v) is 2.31. The van der Waals surface area contributed by atoms with Gasteiger partial charge in [0.2, 0.25) is 0 Å². The summed E-state index contributed by atoms with van der Waals surface area (Å²) < 4.78 is 1.58. The van der Waals surface area contributed by atoms with Crippen molar-refractivity contribution in [3.63, 3.8) is 0 Å². The standard InChI is InChI=1S/C8H8N4OS/c1-12-5-6(4-10-12)7(13)11-8-9-2-3-14-8/h2-5H,1H3,(H,9,11,13). The largest absolute Gasteiger partial charge is 0.298 e. The molecule has 0 atom stereocenters. The van der Waals surface area contributed by atoms with Gasteiger partial charge in [-0.3, -0.25) is 14.8 Å². The van der Waals surface area contributed by atoms with Crippen LogP contribution in [0.15, 0.2) is 24.0 Å². The van der Waals surface area contributed by atoms with Gasteiger partial charge in [0.05, 0.1) is 11.8 Å². The van der Waals surface area contributed by atoms with Crippen molar-refractivity contribution in [1.29, 1.82) is 0 Å². The first-order valence-corrected chi connectivity index (χ1v) is 4.83. The van der Waals surface area contributed by atoms with Gasteiger partial charge in [0.25, 0.3) is 5.91 Å². The fourth-order valence-corrected chi connectivity index (χ4v) is 1.52. The van der Waals surface area contributed by atoms with E-state index in [1.807, 2.05) is 0 Å². The predicted octanol–water partition coefficient (Wildman–Crippen LogP) is 1.13. The van der Waals surface area contributed by atoms with E-state index in [2.05, 4.69) is 15.4 Å². The van der Waals surface area contributed by atoms with E-state index in [0.717, 1.165) is 0 Å². The number of amides is 1. The summed E-state index contributed by atoms with van der Waals surface area (Å²) >= 11 is 1.38. The molecule has 0 aliphatic rings. The molecule has 2 rings (SSSR count). The molecule has 5 nitrogen and oxygen atoms in total. The van der Waals surface area contributed by atoms with Crippen LogP contribution >= 0.6 is 11.3 Å². The molecule has 0 saturated heterocycles. The molecule has 2 aromatic rings. The highest BCUT2D eigenvalue weighted by molar-refractivity contribution is 7.13. The zero-order valence-corrected chi connectivity index (χ0v) is 8.28. The van der Waals surface area contributed by atoms with E-state index in [9.17, 15) is 4.79 Å². The summed E-state index contributed by atoms with van der Waals surface area (Å²) in [6.07, 6.45) is 4.81. The van der Waals surface area contributed by atoms with E-state index < -0.39 is 0 Å². The Morgan fingerprint density at radius 3 is 3.07 bits per heavy atom. The average Bonchev–Trinajstić information content (AvgIpc) is 2.75. The minimum atomic E-state index is -0.187. The number of anilines is 1. The SMILES string of the molecule is Cn1cc(C(=O)Nc2nccs2)cn1. The van der Waals surface area contributed by atoms with E-state index >= 15 is 0 Å². The van der Waals surface area contributed by atoms with Gasteiger partial charge in [-0.2, -0.15) is 5.10 Å². The van der Waals surface area contributed by atoms with Crippen molar-refractivity contribution in [2.24, 2.45) is 7.05 Å². The number of carbonyl (C=O) groups is 1. The van der Waals surface area contributed by atoms with Crippen LogP contribution in [0.5, 0.6) is 0 Å². The first kappa shape index (κ1) is 8.89. The molecule has 0 saturated carbocycles. The van der Waals surface area contributed by atoms with Crippen LogP contribution in [0.25, 0.3) is 0 Å². The number of rotatable bonds is 2. The van der Waals surface area contributed by atoms with Gasteiger partial charge in [-0.25, -0.2) is 4.98 Å². The van der Waals surface area contributed by atoms with Crippen LogP contribution in [0.2, 0.25) is 0 Å². The van der Waals surface area contributed by atoms with E-state index in [4.69, 9.17) is 0 Å². The molecule has 0 aliphatic carbocycles. The number of hydrogen-bond acceptors (Lipinski definition) is 4. The lowest BCUT2D eigenvalue weighted by Gasteiger charge is -1.96. The number of nitrogens with one attached hydrogen (secondary N) is 1. The van der Waals surface area contributed by atoms with Crippen molar-refractivity contribution in [2.45, 2.75) is 0 Å². The van der Waals surface area contributed by atoms with Crippen LogP contribution in [-0.2, 0) is 7.05 Å².